The lowest BCUT2D eigenvalue weighted by molar-refractivity contribution is 0.259. The van der Waals surface area contributed by atoms with Gasteiger partial charge in [0.15, 0.2) is 0 Å². The summed E-state index contributed by atoms with van der Waals surface area (Å²) in [6.07, 6.45) is 0.818. The topological polar surface area (TPSA) is 58.9 Å². The van der Waals surface area contributed by atoms with Crippen LogP contribution in [-0.4, -0.2) is 23.9 Å². The van der Waals surface area contributed by atoms with Crippen molar-refractivity contribution in [1.82, 2.24) is 0 Å². The number of ether oxygens (including phenoxy) is 2. The summed E-state index contributed by atoms with van der Waals surface area (Å²) < 4.78 is 11.4. The first-order valence-electron chi connectivity index (χ1n) is 8.98. The molecule has 0 radical (unpaired) electrons. The molecule has 4 heteroatoms. The molecule has 0 amide bonds. The predicted octanol–water partition coefficient (Wildman–Crippen LogP) is 4.80. The van der Waals surface area contributed by atoms with Crippen molar-refractivity contribution >= 4 is 0 Å². The van der Waals surface area contributed by atoms with Crippen LogP contribution in [0.1, 0.15) is 22.6 Å². The van der Waals surface area contributed by atoms with E-state index in [9.17, 15) is 10.2 Å². The highest BCUT2D eigenvalue weighted by molar-refractivity contribution is 5.75. The lowest BCUT2D eigenvalue weighted by Crippen LogP contribution is -2.20. The molecule has 0 aromatic heterocycles. The lowest BCUT2D eigenvalue weighted by atomic mass is 9.85. The van der Waals surface area contributed by atoms with E-state index in [1.807, 2.05) is 31.2 Å². The Hall–Kier alpha value is -3.14. The number of rotatable bonds is 3. The van der Waals surface area contributed by atoms with E-state index in [0.29, 0.717) is 6.61 Å². The van der Waals surface area contributed by atoms with Gasteiger partial charge in [-0.2, -0.15) is 0 Å². The number of fused-ring (bicyclic) bond motifs is 1. The summed E-state index contributed by atoms with van der Waals surface area (Å²) >= 11 is 0. The second kappa shape index (κ2) is 6.88. The summed E-state index contributed by atoms with van der Waals surface area (Å²) in [5.74, 6) is 2.27. The van der Waals surface area contributed by atoms with Crippen LogP contribution < -0.4 is 9.47 Å². The molecule has 1 unspecified atom stereocenters. The predicted molar refractivity (Wildman–Crippen MR) is 105 cm³/mol. The molecular formula is C23H22O4. The monoisotopic (exact) mass is 362 g/mol. The maximum Gasteiger partial charge on any atom is 0.129 e. The molecule has 2 N–H and O–H groups in total. The number of hydrogen-bond acceptors (Lipinski definition) is 4. The van der Waals surface area contributed by atoms with Crippen LogP contribution in [0.4, 0.5) is 0 Å². The minimum absolute atomic E-state index is 0.219. The zero-order valence-electron chi connectivity index (χ0n) is 15.4. The third-order valence-corrected chi connectivity index (χ3v) is 5.25. The molecule has 0 bridgehead atoms. The molecule has 0 saturated heterocycles. The lowest BCUT2D eigenvalue weighted by Gasteiger charge is -2.29. The van der Waals surface area contributed by atoms with E-state index in [1.54, 1.807) is 25.3 Å². The number of hydrogen-bond donors (Lipinski definition) is 2. The smallest absolute Gasteiger partial charge is 0.129 e. The fraction of sp³-hybridized carbons (Fsp3) is 0.217. The van der Waals surface area contributed by atoms with Crippen molar-refractivity contribution < 1.29 is 19.7 Å². The number of phenols is 2. The summed E-state index contributed by atoms with van der Waals surface area (Å²) in [6, 6.07) is 16.9. The summed E-state index contributed by atoms with van der Waals surface area (Å²) in [5.41, 5.74) is 4.93. The van der Waals surface area contributed by atoms with Crippen LogP contribution in [0.25, 0.3) is 11.1 Å². The molecule has 0 saturated carbocycles. The summed E-state index contributed by atoms with van der Waals surface area (Å²) in [6.45, 7) is 2.45. The van der Waals surface area contributed by atoms with Crippen molar-refractivity contribution in [3.8, 4) is 34.1 Å². The van der Waals surface area contributed by atoms with E-state index < -0.39 is 0 Å². The van der Waals surface area contributed by atoms with E-state index in [1.165, 1.54) is 5.56 Å². The number of benzene rings is 3. The van der Waals surface area contributed by atoms with Crippen LogP contribution >= 0.6 is 0 Å². The van der Waals surface area contributed by atoms with Gasteiger partial charge < -0.3 is 19.7 Å². The Morgan fingerprint density at radius 3 is 2.37 bits per heavy atom. The Morgan fingerprint density at radius 2 is 1.70 bits per heavy atom. The second-order valence-electron chi connectivity index (χ2n) is 6.91. The largest absolute Gasteiger partial charge is 0.508 e. The molecule has 4 nitrogen and oxygen atoms in total. The van der Waals surface area contributed by atoms with Gasteiger partial charge in [0.1, 0.15) is 23.0 Å². The van der Waals surface area contributed by atoms with E-state index in [4.69, 9.17) is 9.47 Å². The fourth-order valence-electron chi connectivity index (χ4n) is 3.67. The van der Waals surface area contributed by atoms with Gasteiger partial charge in [0, 0.05) is 17.0 Å². The van der Waals surface area contributed by atoms with E-state index in [2.05, 4.69) is 12.1 Å². The maximum atomic E-state index is 10.4. The molecule has 0 aliphatic carbocycles. The van der Waals surface area contributed by atoms with E-state index >= 15 is 0 Å². The molecule has 138 valence electrons. The molecule has 1 aliphatic heterocycles. The summed E-state index contributed by atoms with van der Waals surface area (Å²) in [5, 5.41) is 20.0. The molecule has 1 heterocycles. The summed E-state index contributed by atoms with van der Waals surface area (Å²) in [4.78, 5) is 0. The normalized spacial score (nSPS) is 15.7. The van der Waals surface area contributed by atoms with Crippen molar-refractivity contribution in [1.29, 1.82) is 0 Å². The van der Waals surface area contributed by atoms with Gasteiger partial charge in [0.25, 0.3) is 0 Å². The molecular weight excluding hydrogens is 340 g/mol. The fourth-order valence-corrected chi connectivity index (χ4v) is 3.67. The van der Waals surface area contributed by atoms with Crippen LogP contribution in [-0.2, 0) is 6.42 Å². The number of phenolic OH excluding ortho intramolecular Hbond substituents is 2. The van der Waals surface area contributed by atoms with Crippen molar-refractivity contribution in [2.75, 3.05) is 13.7 Å². The Labute approximate surface area is 158 Å². The number of aromatic hydroxyl groups is 2. The van der Waals surface area contributed by atoms with Gasteiger partial charge in [0.05, 0.1) is 13.7 Å². The minimum atomic E-state index is 0.219. The van der Waals surface area contributed by atoms with Crippen LogP contribution in [0.2, 0.25) is 0 Å². The Kier molecular flexibility index (Phi) is 4.40. The van der Waals surface area contributed by atoms with Gasteiger partial charge in [-0.3, -0.25) is 0 Å². The second-order valence-corrected chi connectivity index (χ2v) is 6.91. The maximum absolute atomic E-state index is 10.4. The third-order valence-electron chi connectivity index (χ3n) is 5.25. The van der Waals surface area contributed by atoms with Crippen LogP contribution in [0.5, 0.6) is 23.0 Å². The van der Waals surface area contributed by atoms with Crippen molar-refractivity contribution in [3.05, 3.63) is 71.3 Å². The molecule has 1 aliphatic rings. The van der Waals surface area contributed by atoms with Gasteiger partial charge >= 0.3 is 0 Å². The highest BCUT2D eigenvalue weighted by atomic mass is 16.5. The first-order valence-corrected chi connectivity index (χ1v) is 8.98. The average Bonchev–Trinajstić information content (AvgIpc) is 2.71. The highest BCUT2D eigenvalue weighted by Gasteiger charge is 2.27. The van der Waals surface area contributed by atoms with Crippen molar-refractivity contribution in [2.45, 2.75) is 19.3 Å². The zero-order chi connectivity index (χ0) is 19.0. The minimum Gasteiger partial charge on any atom is -0.508 e. The zero-order valence-corrected chi connectivity index (χ0v) is 15.4. The van der Waals surface area contributed by atoms with Gasteiger partial charge in [-0.25, -0.2) is 0 Å². The molecule has 0 spiro atoms. The number of methoxy groups -OCH3 is 1. The van der Waals surface area contributed by atoms with Crippen molar-refractivity contribution in [2.24, 2.45) is 0 Å². The SMILES string of the molecule is COc1ccc(C2COc3c(C)c(O)cc(-c4ccc(O)cc4)c3C2)cc1. The Balaban J connectivity index is 1.76. The molecule has 1 atom stereocenters. The molecule has 3 aromatic carbocycles. The third kappa shape index (κ3) is 3.19. The van der Waals surface area contributed by atoms with Gasteiger partial charge in [-0.05, 0) is 60.4 Å². The highest BCUT2D eigenvalue weighted by Crippen LogP contribution is 2.44. The van der Waals surface area contributed by atoms with Crippen LogP contribution in [0.15, 0.2) is 54.6 Å². The van der Waals surface area contributed by atoms with Crippen molar-refractivity contribution in [3.63, 3.8) is 0 Å². The van der Waals surface area contributed by atoms with Gasteiger partial charge in [-0.1, -0.05) is 24.3 Å². The van der Waals surface area contributed by atoms with E-state index in [0.717, 1.165) is 40.2 Å². The van der Waals surface area contributed by atoms with Gasteiger partial charge in [-0.15, -0.1) is 0 Å². The van der Waals surface area contributed by atoms with Crippen LogP contribution in [0, 0.1) is 6.92 Å². The molecule has 27 heavy (non-hydrogen) atoms. The first-order chi connectivity index (χ1) is 13.1. The summed E-state index contributed by atoms with van der Waals surface area (Å²) in [7, 11) is 1.66. The quantitative estimate of drug-likeness (QED) is 0.703. The standard InChI is InChI=1S/C23H22O4/c1-14-22(25)12-20(16-3-7-18(24)8-4-16)21-11-17(13-27-23(14)21)15-5-9-19(26-2)10-6-15/h3-10,12,17,24-25H,11,13H2,1-2H3. The van der Waals surface area contributed by atoms with Crippen LogP contribution in [0.3, 0.4) is 0 Å². The molecule has 0 fully saturated rings. The molecule has 4 rings (SSSR count). The Bertz CT molecular complexity index is 959. The molecule has 3 aromatic rings. The Morgan fingerprint density at radius 1 is 1.00 bits per heavy atom. The average molecular weight is 362 g/mol. The first kappa shape index (κ1) is 17.3. The van der Waals surface area contributed by atoms with E-state index in [-0.39, 0.29) is 17.4 Å². The van der Waals surface area contributed by atoms with Gasteiger partial charge in [0.2, 0.25) is 0 Å².